The van der Waals surface area contributed by atoms with E-state index in [1.165, 1.54) is 0 Å². The molecule has 2 aromatic carbocycles. The van der Waals surface area contributed by atoms with E-state index in [1.807, 2.05) is 31.2 Å². The van der Waals surface area contributed by atoms with Gasteiger partial charge in [0, 0.05) is 53.8 Å². The molecule has 0 radical (unpaired) electrons. The van der Waals surface area contributed by atoms with Gasteiger partial charge in [0.1, 0.15) is 5.75 Å². The number of aromatic amines is 1. The average Bonchev–Trinajstić information content (AvgIpc) is 3.13. The first-order chi connectivity index (χ1) is 15.1. The van der Waals surface area contributed by atoms with Crippen LogP contribution in [-0.4, -0.2) is 41.1 Å². The maximum Gasteiger partial charge on any atom is 0.251 e. The van der Waals surface area contributed by atoms with Gasteiger partial charge in [0.2, 0.25) is 11.8 Å². The van der Waals surface area contributed by atoms with Crippen molar-refractivity contribution in [1.29, 1.82) is 0 Å². The van der Waals surface area contributed by atoms with Gasteiger partial charge in [-0.05, 0) is 49.4 Å². The van der Waals surface area contributed by atoms with Gasteiger partial charge >= 0.3 is 0 Å². The van der Waals surface area contributed by atoms with E-state index in [0.717, 1.165) is 16.6 Å². The van der Waals surface area contributed by atoms with Gasteiger partial charge in [0.05, 0.1) is 6.61 Å². The van der Waals surface area contributed by atoms with Crippen LogP contribution in [0.3, 0.4) is 0 Å². The van der Waals surface area contributed by atoms with E-state index in [9.17, 15) is 4.79 Å². The summed E-state index contributed by atoms with van der Waals surface area (Å²) < 4.78 is 10.9. The number of anilines is 2. The monoisotopic (exact) mass is 417 g/mol. The second kappa shape index (κ2) is 9.27. The average molecular weight is 417 g/mol. The number of nitrogens with zero attached hydrogens (tertiary/aromatic N) is 2. The lowest BCUT2D eigenvalue weighted by molar-refractivity contribution is 0.0937. The van der Waals surface area contributed by atoms with Crippen LogP contribution in [-0.2, 0) is 4.74 Å². The molecule has 2 aromatic heterocycles. The molecule has 0 fully saturated rings. The summed E-state index contributed by atoms with van der Waals surface area (Å²) in [6.07, 6.45) is 1.62. The van der Waals surface area contributed by atoms with Crippen molar-refractivity contribution in [3.05, 3.63) is 72.1 Å². The molecule has 0 atom stereocenters. The number of H-pyrrole nitrogens is 1. The first-order valence-corrected chi connectivity index (χ1v) is 9.85. The zero-order valence-corrected chi connectivity index (χ0v) is 17.3. The highest BCUT2D eigenvalue weighted by molar-refractivity contribution is 5.95. The Labute approximate surface area is 179 Å². The summed E-state index contributed by atoms with van der Waals surface area (Å²) in [7, 11) is 1.59. The zero-order valence-electron chi connectivity index (χ0n) is 17.3. The smallest absolute Gasteiger partial charge is 0.251 e. The lowest BCUT2D eigenvalue weighted by Crippen LogP contribution is -2.26. The molecular formula is C23H23N5O3. The highest BCUT2D eigenvalue weighted by Crippen LogP contribution is 2.26. The van der Waals surface area contributed by atoms with Crippen molar-refractivity contribution >= 4 is 28.4 Å². The Morgan fingerprint density at radius 1 is 1.13 bits per heavy atom. The van der Waals surface area contributed by atoms with Crippen molar-refractivity contribution in [1.82, 2.24) is 20.3 Å². The molecule has 4 rings (SSSR count). The largest absolute Gasteiger partial charge is 0.439 e. The van der Waals surface area contributed by atoms with E-state index in [4.69, 9.17) is 9.47 Å². The highest BCUT2D eigenvalue weighted by atomic mass is 16.5. The minimum atomic E-state index is -0.172. The number of methoxy groups -OCH3 is 1. The number of hydrogen-bond acceptors (Lipinski definition) is 6. The van der Waals surface area contributed by atoms with Crippen LogP contribution in [0.2, 0.25) is 0 Å². The molecule has 31 heavy (non-hydrogen) atoms. The van der Waals surface area contributed by atoms with Crippen LogP contribution in [0.4, 0.5) is 11.6 Å². The van der Waals surface area contributed by atoms with Crippen molar-refractivity contribution in [2.75, 3.05) is 25.6 Å². The molecule has 1 amide bonds. The summed E-state index contributed by atoms with van der Waals surface area (Å²) in [5, 5.41) is 6.98. The molecule has 0 spiro atoms. The van der Waals surface area contributed by atoms with Crippen LogP contribution < -0.4 is 15.4 Å². The molecule has 4 aromatic rings. The molecule has 8 nitrogen and oxygen atoms in total. The molecule has 158 valence electrons. The van der Waals surface area contributed by atoms with E-state index < -0.39 is 0 Å². The molecule has 0 aliphatic heterocycles. The van der Waals surface area contributed by atoms with Gasteiger partial charge in [0.15, 0.2) is 0 Å². The van der Waals surface area contributed by atoms with Gasteiger partial charge in [-0.2, -0.15) is 4.98 Å². The van der Waals surface area contributed by atoms with Gasteiger partial charge in [-0.3, -0.25) is 4.79 Å². The van der Waals surface area contributed by atoms with Crippen LogP contribution in [0, 0.1) is 6.92 Å². The lowest BCUT2D eigenvalue weighted by atomic mass is 10.2. The van der Waals surface area contributed by atoms with Gasteiger partial charge in [-0.15, -0.1) is 0 Å². The minimum absolute atomic E-state index is 0.172. The third-order valence-electron chi connectivity index (χ3n) is 4.55. The molecule has 0 saturated carbocycles. The van der Waals surface area contributed by atoms with Crippen LogP contribution in [0.1, 0.15) is 16.1 Å². The highest BCUT2D eigenvalue weighted by Gasteiger charge is 2.08. The number of hydrogen-bond donors (Lipinski definition) is 3. The quantitative estimate of drug-likeness (QED) is 0.372. The molecule has 2 heterocycles. The third kappa shape index (κ3) is 5.18. The summed E-state index contributed by atoms with van der Waals surface area (Å²) in [5.41, 5.74) is 3.38. The number of aromatic nitrogens is 3. The summed E-state index contributed by atoms with van der Waals surface area (Å²) >= 11 is 0. The number of ether oxygens (including phenoxy) is 2. The summed E-state index contributed by atoms with van der Waals surface area (Å²) in [6.45, 7) is 2.92. The molecule has 0 aliphatic carbocycles. The van der Waals surface area contributed by atoms with Gasteiger partial charge in [0.25, 0.3) is 5.91 Å². The lowest BCUT2D eigenvalue weighted by Gasteiger charge is -2.09. The number of aryl methyl sites for hydroxylation is 1. The van der Waals surface area contributed by atoms with Crippen LogP contribution in [0.5, 0.6) is 11.6 Å². The molecule has 0 bridgehead atoms. The molecule has 8 heteroatoms. The summed E-state index contributed by atoms with van der Waals surface area (Å²) in [6, 6.07) is 16.7. The minimum Gasteiger partial charge on any atom is -0.439 e. The Morgan fingerprint density at radius 3 is 2.90 bits per heavy atom. The van der Waals surface area contributed by atoms with Crippen LogP contribution in [0.15, 0.2) is 60.8 Å². The zero-order chi connectivity index (χ0) is 21.6. The van der Waals surface area contributed by atoms with E-state index in [-0.39, 0.29) is 5.91 Å². The molecule has 0 aliphatic rings. The topological polar surface area (TPSA) is 101 Å². The first-order valence-electron chi connectivity index (χ1n) is 9.85. The standard InChI is InChI=1S/C23H23N5O3/c1-15-12-17-14-19(6-7-20(17)26-15)31-21-8-9-25-23(28-21)27-18-5-3-4-16(13-18)22(29)24-10-11-30-2/h3-9,12-14,26H,10-11H2,1-2H3,(H,24,29)(H,25,27,28). The number of benzene rings is 2. The van der Waals surface area contributed by atoms with Crippen molar-refractivity contribution in [2.45, 2.75) is 6.92 Å². The number of nitrogens with one attached hydrogen (secondary N) is 3. The Morgan fingerprint density at radius 2 is 2.03 bits per heavy atom. The predicted octanol–water partition coefficient (Wildman–Crippen LogP) is 4.18. The maximum atomic E-state index is 12.2. The first kappa shape index (κ1) is 20.4. The van der Waals surface area contributed by atoms with E-state index in [1.54, 1.807) is 37.6 Å². The normalized spacial score (nSPS) is 10.8. The van der Waals surface area contributed by atoms with Crippen molar-refractivity contribution in [3.63, 3.8) is 0 Å². The Kier molecular flexibility index (Phi) is 6.09. The van der Waals surface area contributed by atoms with Crippen LogP contribution in [0.25, 0.3) is 10.9 Å². The number of amides is 1. The second-order valence-corrected chi connectivity index (χ2v) is 6.98. The summed E-state index contributed by atoms with van der Waals surface area (Å²) in [5.74, 6) is 1.30. The maximum absolute atomic E-state index is 12.2. The Hall–Kier alpha value is -3.91. The number of carbonyl (C=O) groups is 1. The fourth-order valence-electron chi connectivity index (χ4n) is 3.14. The van der Waals surface area contributed by atoms with E-state index in [0.29, 0.717) is 42.0 Å². The Balaban J connectivity index is 1.45. The Bertz CT molecular complexity index is 1200. The van der Waals surface area contributed by atoms with E-state index in [2.05, 4.69) is 31.7 Å². The third-order valence-corrected chi connectivity index (χ3v) is 4.55. The number of fused-ring (bicyclic) bond motifs is 1. The van der Waals surface area contributed by atoms with Crippen molar-refractivity contribution in [2.24, 2.45) is 0 Å². The SMILES string of the molecule is COCCNC(=O)c1cccc(Nc2nccc(Oc3ccc4[nH]c(C)cc4c3)n2)c1. The van der Waals surface area contributed by atoms with Gasteiger partial charge in [-0.1, -0.05) is 6.07 Å². The van der Waals surface area contributed by atoms with Crippen LogP contribution >= 0.6 is 0 Å². The van der Waals surface area contributed by atoms with Gasteiger partial charge < -0.3 is 25.1 Å². The molecular weight excluding hydrogens is 394 g/mol. The molecule has 0 saturated heterocycles. The van der Waals surface area contributed by atoms with Gasteiger partial charge in [-0.25, -0.2) is 4.98 Å². The van der Waals surface area contributed by atoms with Crippen molar-refractivity contribution in [3.8, 4) is 11.6 Å². The van der Waals surface area contributed by atoms with Crippen molar-refractivity contribution < 1.29 is 14.3 Å². The predicted molar refractivity (Wildman–Crippen MR) is 119 cm³/mol. The van der Waals surface area contributed by atoms with E-state index >= 15 is 0 Å². The fourth-order valence-corrected chi connectivity index (χ4v) is 3.14. The molecule has 3 N–H and O–H groups in total. The molecule has 0 unspecified atom stereocenters. The fraction of sp³-hybridized carbons (Fsp3) is 0.174. The summed E-state index contributed by atoms with van der Waals surface area (Å²) in [4.78, 5) is 24.2. The second-order valence-electron chi connectivity index (χ2n) is 6.98. The number of carbonyl (C=O) groups excluding carboxylic acids is 1. The number of rotatable bonds is 8.